The van der Waals surface area contributed by atoms with Gasteiger partial charge in [0.15, 0.2) is 0 Å². The molecule has 1 saturated heterocycles. The Morgan fingerprint density at radius 1 is 1.53 bits per heavy atom. The van der Waals surface area contributed by atoms with Crippen LogP contribution in [0, 0.1) is 0 Å². The third-order valence-electron chi connectivity index (χ3n) is 4.29. The Bertz CT molecular complexity index is 481. The molecule has 3 rings (SSSR count). The van der Waals surface area contributed by atoms with E-state index in [1.165, 1.54) is 11.3 Å². The van der Waals surface area contributed by atoms with Crippen LogP contribution in [0.2, 0.25) is 0 Å². The highest BCUT2D eigenvalue weighted by Gasteiger charge is 2.48. The SMILES string of the molecule is CCNC1CC2(CCSC2C)Oc2ccc(Br)cc21. The number of halogens is 1. The van der Waals surface area contributed by atoms with Gasteiger partial charge >= 0.3 is 0 Å². The number of ether oxygens (including phenoxy) is 1. The van der Waals surface area contributed by atoms with E-state index in [0.29, 0.717) is 11.3 Å². The van der Waals surface area contributed by atoms with E-state index in [-0.39, 0.29) is 5.60 Å². The molecule has 0 saturated carbocycles. The lowest BCUT2D eigenvalue weighted by molar-refractivity contribution is 0.0355. The van der Waals surface area contributed by atoms with Crippen molar-refractivity contribution in [3.05, 3.63) is 28.2 Å². The normalized spacial score (nSPS) is 33.2. The second kappa shape index (κ2) is 5.30. The van der Waals surface area contributed by atoms with Crippen molar-refractivity contribution in [3.63, 3.8) is 0 Å². The van der Waals surface area contributed by atoms with Crippen LogP contribution in [0.1, 0.15) is 38.3 Å². The summed E-state index contributed by atoms with van der Waals surface area (Å²) >= 11 is 5.61. The molecular formula is C15H20BrNOS. The summed E-state index contributed by atoms with van der Waals surface area (Å²) in [4.78, 5) is 0. The maximum Gasteiger partial charge on any atom is 0.125 e. The summed E-state index contributed by atoms with van der Waals surface area (Å²) in [6.45, 7) is 5.48. The van der Waals surface area contributed by atoms with E-state index in [1.807, 2.05) is 11.8 Å². The molecule has 1 spiro atoms. The number of nitrogens with one attached hydrogen (secondary N) is 1. The third kappa shape index (κ3) is 2.43. The van der Waals surface area contributed by atoms with E-state index in [1.54, 1.807) is 0 Å². The van der Waals surface area contributed by atoms with Gasteiger partial charge in [0, 0.05) is 27.7 Å². The van der Waals surface area contributed by atoms with Crippen molar-refractivity contribution in [2.75, 3.05) is 12.3 Å². The lowest BCUT2D eigenvalue weighted by Crippen LogP contribution is -2.47. The van der Waals surface area contributed by atoms with Crippen LogP contribution in [-0.4, -0.2) is 23.1 Å². The molecule has 1 aromatic rings. The highest BCUT2D eigenvalue weighted by molar-refractivity contribution is 9.10. The number of thioether (sulfide) groups is 1. The summed E-state index contributed by atoms with van der Waals surface area (Å²) in [6.07, 6.45) is 2.24. The Labute approximate surface area is 127 Å². The van der Waals surface area contributed by atoms with Gasteiger partial charge in [-0.3, -0.25) is 0 Å². The molecule has 1 aromatic carbocycles. The molecule has 0 aliphatic carbocycles. The molecule has 19 heavy (non-hydrogen) atoms. The van der Waals surface area contributed by atoms with E-state index in [4.69, 9.17) is 4.74 Å². The molecule has 104 valence electrons. The summed E-state index contributed by atoms with van der Waals surface area (Å²) in [5.41, 5.74) is 1.32. The van der Waals surface area contributed by atoms with Crippen molar-refractivity contribution in [1.82, 2.24) is 5.32 Å². The zero-order valence-electron chi connectivity index (χ0n) is 11.4. The summed E-state index contributed by atoms with van der Waals surface area (Å²) < 4.78 is 7.57. The average molecular weight is 342 g/mol. The smallest absolute Gasteiger partial charge is 0.125 e. The van der Waals surface area contributed by atoms with Gasteiger partial charge < -0.3 is 10.1 Å². The van der Waals surface area contributed by atoms with Crippen LogP contribution >= 0.6 is 27.7 Å². The Balaban J connectivity index is 1.99. The van der Waals surface area contributed by atoms with Gasteiger partial charge in [-0.1, -0.05) is 22.9 Å². The van der Waals surface area contributed by atoms with Gasteiger partial charge in [-0.2, -0.15) is 11.8 Å². The van der Waals surface area contributed by atoms with Crippen LogP contribution in [0.3, 0.4) is 0 Å². The molecule has 4 heteroatoms. The van der Waals surface area contributed by atoms with Crippen LogP contribution in [0.4, 0.5) is 0 Å². The molecule has 1 N–H and O–H groups in total. The van der Waals surface area contributed by atoms with Crippen molar-refractivity contribution in [2.24, 2.45) is 0 Å². The zero-order valence-corrected chi connectivity index (χ0v) is 13.8. The Hall–Kier alpha value is -0.190. The van der Waals surface area contributed by atoms with Crippen LogP contribution < -0.4 is 10.1 Å². The average Bonchev–Trinajstić information content (AvgIpc) is 2.72. The largest absolute Gasteiger partial charge is 0.486 e. The number of hydrogen-bond acceptors (Lipinski definition) is 3. The van der Waals surface area contributed by atoms with E-state index in [0.717, 1.165) is 29.6 Å². The molecule has 3 unspecified atom stereocenters. The molecule has 2 heterocycles. The number of benzene rings is 1. The molecule has 2 nitrogen and oxygen atoms in total. The minimum Gasteiger partial charge on any atom is -0.486 e. The van der Waals surface area contributed by atoms with Crippen molar-refractivity contribution in [2.45, 2.75) is 43.6 Å². The predicted octanol–water partition coefficient (Wildman–Crippen LogP) is 4.15. The maximum atomic E-state index is 6.44. The van der Waals surface area contributed by atoms with Gasteiger partial charge in [-0.15, -0.1) is 0 Å². The molecular weight excluding hydrogens is 322 g/mol. The monoisotopic (exact) mass is 341 g/mol. The van der Waals surface area contributed by atoms with Gasteiger partial charge in [0.05, 0.1) is 0 Å². The molecule has 3 atom stereocenters. The van der Waals surface area contributed by atoms with Crippen LogP contribution in [0.5, 0.6) is 5.75 Å². The third-order valence-corrected chi connectivity index (χ3v) is 6.16. The van der Waals surface area contributed by atoms with Crippen molar-refractivity contribution < 1.29 is 4.74 Å². The molecule has 0 radical (unpaired) electrons. The first-order valence-electron chi connectivity index (χ1n) is 6.98. The molecule has 0 bridgehead atoms. The quantitative estimate of drug-likeness (QED) is 0.873. The predicted molar refractivity (Wildman–Crippen MR) is 85.1 cm³/mol. The zero-order chi connectivity index (χ0) is 13.5. The number of rotatable bonds is 2. The minimum atomic E-state index is 0.0261. The summed E-state index contributed by atoms with van der Waals surface area (Å²) in [7, 11) is 0. The lowest BCUT2D eigenvalue weighted by atomic mass is 9.83. The first-order chi connectivity index (χ1) is 9.14. The summed E-state index contributed by atoms with van der Waals surface area (Å²) in [6, 6.07) is 6.79. The first kappa shape index (κ1) is 13.8. The van der Waals surface area contributed by atoms with Crippen molar-refractivity contribution >= 4 is 27.7 Å². The standard InChI is InChI=1S/C15H20BrNOS/c1-3-17-13-9-15(6-7-19-10(15)2)18-14-5-4-11(16)8-12(13)14/h4-5,8,10,13,17H,3,6-7,9H2,1-2H3. The molecule has 0 aromatic heterocycles. The van der Waals surface area contributed by atoms with Crippen molar-refractivity contribution in [3.8, 4) is 5.75 Å². The Kier molecular flexibility index (Phi) is 3.84. The van der Waals surface area contributed by atoms with E-state index >= 15 is 0 Å². The second-order valence-electron chi connectivity index (χ2n) is 5.43. The molecule has 2 aliphatic heterocycles. The molecule has 2 aliphatic rings. The van der Waals surface area contributed by atoms with Crippen LogP contribution in [-0.2, 0) is 0 Å². The van der Waals surface area contributed by atoms with Crippen LogP contribution in [0.15, 0.2) is 22.7 Å². The lowest BCUT2D eigenvalue weighted by Gasteiger charge is -2.42. The van der Waals surface area contributed by atoms with Crippen LogP contribution in [0.25, 0.3) is 0 Å². The van der Waals surface area contributed by atoms with Gasteiger partial charge in [-0.05, 0) is 43.8 Å². The van der Waals surface area contributed by atoms with E-state index in [9.17, 15) is 0 Å². The fraction of sp³-hybridized carbons (Fsp3) is 0.600. The van der Waals surface area contributed by atoms with Crippen molar-refractivity contribution in [1.29, 1.82) is 0 Å². The first-order valence-corrected chi connectivity index (χ1v) is 8.82. The van der Waals surface area contributed by atoms with E-state index < -0.39 is 0 Å². The fourth-order valence-electron chi connectivity index (χ4n) is 3.19. The second-order valence-corrected chi connectivity index (χ2v) is 7.79. The van der Waals surface area contributed by atoms with Gasteiger partial charge in [0.25, 0.3) is 0 Å². The summed E-state index contributed by atoms with van der Waals surface area (Å²) in [5, 5.41) is 4.20. The number of fused-ring (bicyclic) bond motifs is 1. The van der Waals surface area contributed by atoms with Gasteiger partial charge in [0.2, 0.25) is 0 Å². The fourth-order valence-corrected chi connectivity index (χ4v) is 4.96. The summed E-state index contributed by atoms with van der Waals surface area (Å²) in [5.74, 6) is 2.28. The topological polar surface area (TPSA) is 21.3 Å². The van der Waals surface area contributed by atoms with E-state index in [2.05, 4.69) is 53.3 Å². The Morgan fingerprint density at radius 3 is 3.05 bits per heavy atom. The highest BCUT2D eigenvalue weighted by Crippen LogP contribution is 2.49. The highest BCUT2D eigenvalue weighted by atomic mass is 79.9. The number of hydrogen-bond donors (Lipinski definition) is 1. The molecule has 1 fully saturated rings. The van der Waals surface area contributed by atoms with Gasteiger partial charge in [-0.25, -0.2) is 0 Å². The molecule has 0 amide bonds. The maximum absolute atomic E-state index is 6.44. The minimum absolute atomic E-state index is 0.0261. The van der Waals surface area contributed by atoms with Gasteiger partial charge in [0.1, 0.15) is 11.4 Å². The Morgan fingerprint density at radius 2 is 2.37 bits per heavy atom.